The zero-order valence-electron chi connectivity index (χ0n) is 9.12. The minimum atomic E-state index is 0.159. The number of piperidine rings is 1. The number of likely N-dealkylation sites (tertiary alicyclic amines) is 1. The van der Waals surface area contributed by atoms with Crippen molar-refractivity contribution in [3.05, 3.63) is 12.2 Å². The third-order valence-electron chi connectivity index (χ3n) is 2.55. The summed E-state index contributed by atoms with van der Waals surface area (Å²) < 4.78 is 0. The summed E-state index contributed by atoms with van der Waals surface area (Å²) in [5.74, 6) is 0.817. The van der Waals surface area contributed by atoms with E-state index >= 15 is 0 Å². The van der Waals surface area contributed by atoms with Gasteiger partial charge in [0.2, 0.25) is 5.91 Å². The minimum Gasteiger partial charge on any atom is -0.339 e. The lowest BCUT2D eigenvalue weighted by Crippen LogP contribution is -2.38. The maximum Gasteiger partial charge on any atom is 0.246 e. The largest absolute Gasteiger partial charge is 0.339 e. The van der Waals surface area contributed by atoms with Crippen LogP contribution >= 0.6 is 0 Å². The molecule has 0 unspecified atom stereocenters. The number of hydrogen-bond acceptors (Lipinski definition) is 2. The molecule has 0 spiro atoms. The molecule has 1 aliphatic heterocycles. The van der Waals surface area contributed by atoms with E-state index in [1.165, 1.54) is 6.42 Å². The highest BCUT2D eigenvalue weighted by Gasteiger charge is 2.18. The van der Waals surface area contributed by atoms with Crippen molar-refractivity contribution < 1.29 is 4.79 Å². The third kappa shape index (κ3) is 3.50. The van der Waals surface area contributed by atoms with Crippen LogP contribution < -0.4 is 5.32 Å². The first-order valence-electron chi connectivity index (χ1n) is 5.34. The van der Waals surface area contributed by atoms with Crippen LogP contribution in [0, 0.1) is 5.92 Å². The van der Waals surface area contributed by atoms with Crippen LogP contribution in [0.5, 0.6) is 0 Å². The number of carbonyl (C=O) groups excluding carboxylic acids is 1. The second kappa shape index (κ2) is 5.81. The topological polar surface area (TPSA) is 32.3 Å². The van der Waals surface area contributed by atoms with Gasteiger partial charge in [0.05, 0.1) is 0 Å². The smallest absolute Gasteiger partial charge is 0.246 e. The quantitative estimate of drug-likeness (QED) is 0.684. The Morgan fingerprint density at radius 1 is 1.64 bits per heavy atom. The van der Waals surface area contributed by atoms with Crippen LogP contribution in [-0.4, -0.2) is 37.5 Å². The molecule has 80 valence electrons. The van der Waals surface area contributed by atoms with Crippen LogP contribution in [0.1, 0.15) is 19.8 Å². The van der Waals surface area contributed by atoms with Gasteiger partial charge in [-0.3, -0.25) is 4.79 Å². The summed E-state index contributed by atoms with van der Waals surface area (Å²) in [5, 5.41) is 2.98. The molecular formula is C11H20N2O. The lowest BCUT2D eigenvalue weighted by Gasteiger charge is -2.30. The lowest BCUT2D eigenvalue weighted by molar-refractivity contribution is -0.127. The van der Waals surface area contributed by atoms with Crippen LogP contribution in [-0.2, 0) is 4.79 Å². The Hall–Kier alpha value is -0.830. The van der Waals surface area contributed by atoms with Gasteiger partial charge >= 0.3 is 0 Å². The SMILES string of the molecule is CNC/C=C/C(=O)N1CCC[C@@H](C)C1. The molecule has 1 N–H and O–H groups in total. The summed E-state index contributed by atoms with van der Waals surface area (Å²) in [6, 6.07) is 0. The number of nitrogens with zero attached hydrogens (tertiary/aromatic N) is 1. The van der Waals surface area contributed by atoms with Gasteiger partial charge in [0.1, 0.15) is 0 Å². The van der Waals surface area contributed by atoms with E-state index < -0.39 is 0 Å². The molecule has 0 aromatic heterocycles. The molecule has 0 bridgehead atoms. The lowest BCUT2D eigenvalue weighted by atomic mass is 10.0. The molecule has 1 saturated heterocycles. The molecule has 0 aliphatic carbocycles. The zero-order chi connectivity index (χ0) is 10.4. The second-order valence-corrected chi connectivity index (χ2v) is 3.99. The van der Waals surface area contributed by atoms with Gasteiger partial charge in [-0.1, -0.05) is 13.0 Å². The summed E-state index contributed by atoms with van der Waals surface area (Å²) in [6.45, 7) is 4.81. The molecule has 1 fully saturated rings. The number of nitrogens with one attached hydrogen (secondary N) is 1. The van der Waals surface area contributed by atoms with Crippen LogP contribution in [0.3, 0.4) is 0 Å². The van der Waals surface area contributed by atoms with Crippen molar-refractivity contribution in [2.45, 2.75) is 19.8 Å². The normalized spacial score (nSPS) is 23.0. The molecule has 1 atom stereocenters. The van der Waals surface area contributed by atoms with Crippen molar-refractivity contribution >= 4 is 5.91 Å². The van der Waals surface area contributed by atoms with Crippen molar-refractivity contribution in [3.8, 4) is 0 Å². The van der Waals surface area contributed by atoms with Crippen molar-refractivity contribution in [2.24, 2.45) is 5.92 Å². The van der Waals surface area contributed by atoms with E-state index in [0.717, 1.165) is 26.1 Å². The number of rotatable bonds is 3. The summed E-state index contributed by atoms with van der Waals surface area (Å²) in [4.78, 5) is 13.6. The average molecular weight is 196 g/mol. The number of likely N-dealkylation sites (N-methyl/N-ethyl adjacent to an activating group) is 1. The van der Waals surface area contributed by atoms with E-state index in [-0.39, 0.29) is 5.91 Å². The van der Waals surface area contributed by atoms with Gasteiger partial charge in [0.25, 0.3) is 0 Å². The van der Waals surface area contributed by atoms with Gasteiger partial charge in [-0.2, -0.15) is 0 Å². The first kappa shape index (κ1) is 11.2. The monoisotopic (exact) mass is 196 g/mol. The summed E-state index contributed by atoms with van der Waals surface area (Å²) in [5.41, 5.74) is 0. The van der Waals surface area contributed by atoms with Crippen LogP contribution in [0.2, 0.25) is 0 Å². The molecule has 0 aromatic carbocycles. The van der Waals surface area contributed by atoms with Crippen LogP contribution in [0.15, 0.2) is 12.2 Å². The van der Waals surface area contributed by atoms with Gasteiger partial charge in [-0.05, 0) is 25.8 Å². The Bertz CT molecular complexity index is 213. The summed E-state index contributed by atoms with van der Waals surface area (Å²) in [6.07, 6.45) is 5.95. The Labute approximate surface area is 86.2 Å². The molecule has 14 heavy (non-hydrogen) atoms. The number of hydrogen-bond donors (Lipinski definition) is 1. The number of amides is 1. The molecule has 1 rings (SSSR count). The summed E-state index contributed by atoms with van der Waals surface area (Å²) in [7, 11) is 1.87. The zero-order valence-corrected chi connectivity index (χ0v) is 9.12. The van der Waals surface area contributed by atoms with E-state index in [0.29, 0.717) is 5.92 Å². The molecule has 3 nitrogen and oxygen atoms in total. The van der Waals surface area contributed by atoms with Crippen molar-refractivity contribution in [3.63, 3.8) is 0 Å². The Balaban J connectivity index is 2.35. The Morgan fingerprint density at radius 2 is 2.43 bits per heavy atom. The Morgan fingerprint density at radius 3 is 3.07 bits per heavy atom. The molecule has 1 amide bonds. The van der Waals surface area contributed by atoms with E-state index in [9.17, 15) is 4.79 Å². The first-order valence-corrected chi connectivity index (χ1v) is 5.34. The first-order chi connectivity index (χ1) is 6.74. The fourth-order valence-electron chi connectivity index (χ4n) is 1.77. The van der Waals surface area contributed by atoms with Gasteiger partial charge in [-0.25, -0.2) is 0 Å². The fourth-order valence-corrected chi connectivity index (χ4v) is 1.77. The molecule has 0 radical (unpaired) electrons. The van der Waals surface area contributed by atoms with Crippen molar-refractivity contribution in [1.29, 1.82) is 0 Å². The third-order valence-corrected chi connectivity index (χ3v) is 2.55. The van der Waals surface area contributed by atoms with Crippen molar-refractivity contribution in [1.82, 2.24) is 10.2 Å². The van der Waals surface area contributed by atoms with Gasteiger partial charge in [0.15, 0.2) is 0 Å². The highest BCUT2D eigenvalue weighted by atomic mass is 16.2. The number of carbonyl (C=O) groups is 1. The molecule has 0 saturated carbocycles. The van der Waals surface area contributed by atoms with Crippen LogP contribution in [0.25, 0.3) is 0 Å². The standard InChI is InChI=1S/C11H20N2O/c1-10-5-4-8-13(9-10)11(14)6-3-7-12-2/h3,6,10,12H,4-5,7-9H2,1-2H3/b6-3+/t10-/m1/s1. The molecule has 1 heterocycles. The van der Waals surface area contributed by atoms with Crippen LogP contribution in [0.4, 0.5) is 0 Å². The predicted molar refractivity (Wildman–Crippen MR) is 58.0 cm³/mol. The van der Waals surface area contributed by atoms with Gasteiger partial charge in [0, 0.05) is 25.7 Å². The maximum atomic E-state index is 11.6. The second-order valence-electron chi connectivity index (χ2n) is 3.99. The maximum absolute atomic E-state index is 11.6. The van der Waals surface area contributed by atoms with Gasteiger partial charge < -0.3 is 10.2 Å². The molecule has 1 aliphatic rings. The summed E-state index contributed by atoms with van der Waals surface area (Å²) >= 11 is 0. The highest BCUT2D eigenvalue weighted by molar-refractivity contribution is 5.87. The van der Waals surface area contributed by atoms with E-state index in [1.54, 1.807) is 6.08 Å². The van der Waals surface area contributed by atoms with E-state index in [1.807, 2.05) is 18.0 Å². The van der Waals surface area contributed by atoms with E-state index in [4.69, 9.17) is 0 Å². The van der Waals surface area contributed by atoms with E-state index in [2.05, 4.69) is 12.2 Å². The molecular weight excluding hydrogens is 176 g/mol. The highest BCUT2D eigenvalue weighted by Crippen LogP contribution is 2.15. The average Bonchev–Trinajstić information content (AvgIpc) is 2.18. The van der Waals surface area contributed by atoms with Crippen molar-refractivity contribution in [2.75, 3.05) is 26.7 Å². The molecule has 0 aromatic rings. The fraction of sp³-hybridized carbons (Fsp3) is 0.727. The molecule has 3 heteroatoms. The Kier molecular flexibility index (Phi) is 4.66. The van der Waals surface area contributed by atoms with Gasteiger partial charge in [-0.15, -0.1) is 0 Å². The predicted octanol–water partition coefficient (Wildman–Crippen LogP) is 1.02. The minimum absolute atomic E-state index is 0.159.